The van der Waals surface area contributed by atoms with E-state index < -0.39 is 11.6 Å². The second-order valence-electron chi connectivity index (χ2n) is 41.3. The molecule has 21 rings (SSSR count). The van der Waals surface area contributed by atoms with Crippen molar-refractivity contribution in [2.24, 2.45) is 0 Å². The first kappa shape index (κ1) is 98.6. The lowest BCUT2D eigenvalue weighted by Gasteiger charge is -2.54. The number of nitrogens with zero attached hydrogens (tertiary/aromatic N) is 12. The topological polar surface area (TPSA) is 200 Å². The van der Waals surface area contributed by atoms with E-state index in [0.717, 1.165) is 194 Å². The number of benzene rings is 8. The van der Waals surface area contributed by atoms with Crippen LogP contribution >= 0.6 is 0 Å². The van der Waals surface area contributed by atoms with Gasteiger partial charge in [0.25, 0.3) is 0 Å². The van der Waals surface area contributed by atoms with Crippen LogP contribution in [0.25, 0.3) is 88.6 Å². The molecule has 12 aromatic rings. The summed E-state index contributed by atoms with van der Waals surface area (Å²) in [6, 6.07) is 68.7. The van der Waals surface area contributed by atoms with Crippen molar-refractivity contribution < 1.29 is 18.0 Å². The van der Waals surface area contributed by atoms with Crippen LogP contribution < -0.4 is 46.2 Å². The molecule has 0 spiro atoms. The molecule has 738 valence electrons. The highest BCUT2D eigenvalue weighted by atomic mass is 19.2. The molecule has 8 aromatic carbocycles. The molecular formula is C114H150F3N21O. The van der Waals surface area contributed by atoms with Crippen molar-refractivity contribution in [1.29, 1.82) is 5.26 Å². The number of carbonyl (C=O) groups is 1. The Morgan fingerprint density at radius 1 is 0.417 bits per heavy atom. The van der Waals surface area contributed by atoms with Crippen LogP contribution in [-0.2, 0) is 4.79 Å². The number of fused-ring (bicyclic) bond motifs is 4. The van der Waals surface area contributed by atoms with E-state index in [-0.39, 0.29) is 11.7 Å². The zero-order valence-corrected chi connectivity index (χ0v) is 83.2. The Kier molecular flexibility index (Phi) is 33.3. The minimum atomic E-state index is -0.829. The Balaban J connectivity index is 0.000000123. The highest BCUT2D eigenvalue weighted by Crippen LogP contribution is 2.41. The average molecular weight is 1890 g/mol. The molecule has 8 aliphatic heterocycles. The van der Waals surface area contributed by atoms with Crippen molar-refractivity contribution >= 4 is 72.3 Å². The third-order valence-corrected chi connectivity index (χ3v) is 31.6. The van der Waals surface area contributed by atoms with Crippen LogP contribution in [0.5, 0.6) is 0 Å². The fourth-order valence-electron chi connectivity index (χ4n) is 22.5. The lowest BCUT2D eigenvalue weighted by atomic mass is 9.74. The highest BCUT2D eigenvalue weighted by Gasteiger charge is 2.44. The van der Waals surface area contributed by atoms with Gasteiger partial charge in [-0.05, 0) is 275 Å². The van der Waals surface area contributed by atoms with Gasteiger partial charge in [-0.25, -0.2) is 13.2 Å². The molecule has 22 nitrogen and oxygen atoms in total. The van der Waals surface area contributed by atoms with Crippen LogP contribution in [0.15, 0.2) is 188 Å². The molecule has 139 heavy (non-hydrogen) atoms. The third kappa shape index (κ3) is 25.5. The quantitative estimate of drug-likeness (QED) is 0.0248. The summed E-state index contributed by atoms with van der Waals surface area (Å²) < 4.78 is 40.9. The minimum absolute atomic E-state index is 0.193. The van der Waals surface area contributed by atoms with Crippen LogP contribution in [-0.4, -0.2) is 305 Å². The Hall–Kier alpha value is -10.6. The van der Waals surface area contributed by atoms with Gasteiger partial charge in [0, 0.05) is 332 Å². The maximum atomic E-state index is 13.7. The Morgan fingerprint density at radius 2 is 0.885 bits per heavy atom. The number of anilines is 4. The number of nitriles is 1. The number of rotatable bonds is 26. The van der Waals surface area contributed by atoms with Gasteiger partial charge in [-0.3, -0.25) is 24.4 Å². The monoisotopic (exact) mass is 1890 g/mol. The molecule has 1 amide bonds. The number of piperazine rings is 3. The molecule has 1 saturated carbocycles. The number of hydrogen-bond donors (Lipinski definition) is 9. The van der Waals surface area contributed by atoms with Crippen LogP contribution in [0.2, 0.25) is 0 Å². The molecule has 12 heterocycles. The second-order valence-corrected chi connectivity index (χ2v) is 41.3. The summed E-state index contributed by atoms with van der Waals surface area (Å²) in [6.07, 6.45) is 15.2. The lowest BCUT2D eigenvalue weighted by Crippen LogP contribution is -2.65. The van der Waals surface area contributed by atoms with Crippen LogP contribution in [0, 0.1) is 35.7 Å². The number of aromatic amines is 4. The van der Waals surface area contributed by atoms with E-state index in [4.69, 9.17) is 5.26 Å². The zero-order valence-electron chi connectivity index (χ0n) is 83.2. The van der Waals surface area contributed by atoms with Gasteiger partial charge < -0.3 is 80.8 Å². The summed E-state index contributed by atoms with van der Waals surface area (Å²) >= 11 is 0. The number of nitrogens with one attached hydrogen (secondary N) is 9. The van der Waals surface area contributed by atoms with Crippen LogP contribution in [0.1, 0.15) is 122 Å². The summed E-state index contributed by atoms with van der Waals surface area (Å²) in [5, 5.41) is 31.8. The maximum absolute atomic E-state index is 13.7. The summed E-state index contributed by atoms with van der Waals surface area (Å²) in [5.74, 6) is -1.56. The molecule has 9 fully saturated rings. The third-order valence-electron chi connectivity index (χ3n) is 31.6. The predicted octanol–water partition coefficient (Wildman–Crippen LogP) is 17.6. The van der Waals surface area contributed by atoms with E-state index >= 15 is 0 Å². The van der Waals surface area contributed by atoms with Crippen molar-refractivity contribution in [3.8, 4) is 51.1 Å². The Bertz CT molecular complexity index is 5930. The first-order chi connectivity index (χ1) is 67.8. The number of hydrogen-bond acceptors (Lipinski definition) is 17. The molecule has 4 aromatic heterocycles. The lowest BCUT2D eigenvalue weighted by molar-refractivity contribution is -0.132. The molecule has 9 N–H and O–H groups in total. The molecule has 0 radical (unpaired) electrons. The van der Waals surface area contributed by atoms with Crippen molar-refractivity contribution in [1.82, 2.24) is 80.8 Å². The van der Waals surface area contributed by atoms with E-state index in [0.29, 0.717) is 64.7 Å². The van der Waals surface area contributed by atoms with Crippen molar-refractivity contribution in [2.45, 2.75) is 160 Å². The van der Waals surface area contributed by atoms with Gasteiger partial charge in [-0.1, -0.05) is 60.7 Å². The van der Waals surface area contributed by atoms with Crippen molar-refractivity contribution in [3.05, 3.63) is 217 Å². The predicted molar refractivity (Wildman–Crippen MR) is 568 cm³/mol. The molecule has 0 bridgehead atoms. The molecule has 9 aliphatic rings. The first-order valence-corrected chi connectivity index (χ1v) is 52.4. The summed E-state index contributed by atoms with van der Waals surface area (Å²) in [6.45, 7) is 44.2. The number of likely N-dealkylation sites (N-methyl/N-ethyl adjacent to an activating group) is 1. The molecule has 25 heteroatoms. The summed E-state index contributed by atoms with van der Waals surface area (Å²) in [5.41, 5.74) is 20.0. The number of para-hydroxylation sites is 1. The second kappa shape index (κ2) is 46.9. The van der Waals surface area contributed by atoms with E-state index in [9.17, 15) is 18.0 Å². The van der Waals surface area contributed by atoms with Crippen molar-refractivity contribution in [3.63, 3.8) is 0 Å². The number of halogens is 3. The van der Waals surface area contributed by atoms with E-state index in [1.165, 1.54) is 204 Å². The number of piperidine rings is 4. The fraction of sp³-hybridized carbons (Fsp3) is 0.491. The van der Waals surface area contributed by atoms with E-state index in [1.54, 1.807) is 6.07 Å². The van der Waals surface area contributed by atoms with Gasteiger partial charge >= 0.3 is 0 Å². The van der Waals surface area contributed by atoms with Crippen LogP contribution in [0.3, 0.4) is 0 Å². The van der Waals surface area contributed by atoms with Crippen LogP contribution in [0.4, 0.5) is 35.9 Å². The van der Waals surface area contributed by atoms with E-state index in [2.05, 4.69) is 271 Å². The van der Waals surface area contributed by atoms with Gasteiger partial charge in [0.2, 0.25) is 5.91 Å². The van der Waals surface area contributed by atoms with Gasteiger partial charge in [0.05, 0.1) is 11.6 Å². The number of H-pyrrole nitrogens is 4. The first-order valence-electron chi connectivity index (χ1n) is 52.4. The SMILES string of the molecule is CC(C)N1CCN(CCNC2CCN(c3cccc(-c4cc5cc(F)c(F)cc5[nH]4)c3)CC2)CC1.CN1CCN(C(=O)CCNC2CCN(c3cccc(-c4cc5cc(C#N)ccc5[nH]4)c3)CC2)CC1.Cc1ccc(N2CCC(NCC3(N4CCN(C(C)C)CC4)CCC3)CC2)cc1-c1cc2cc(F)ccc2[nH]1.c1cc(-c2cc3ccccc3[nH]2)cc(N2CCC(NCCN3CCCNCC3)CC2)c1. The molecule has 1 aliphatic carbocycles. The normalized spacial score (nSPS) is 19.2. The number of amides is 1. The zero-order chi connectivity index (χ0) is 95.7. The molecule has 8 saturated heterocycles. The van der Waals surface area contributed by atoms with E-state index in [1.807, 2.05) is 41.3 Å². The van der Waals surface area contributed by atoms with Gasteiger partial charge in [-0.15, -0.1) is 0 Å². The summed E-state index contributed by atoms with van der Waals surface area (Å²) in [7, 11) is 2.11. The molecule has 0 unspecified atom stereocenters. The smallest absolute Gasteiger partial charge is 0.223 e. The average Bonchev–Trinajstić information content (AvgIpc) is 0.944. The number of carbonyl (C=O) groups excluding carboxylic acids is 1. The highest BCUT2D eigenvalue weighted by molar-refractivity contribution is 5.90. The Morgan fingerprint density at radius 3 is 1.42 bits per heavy atom. The standard InChI is InChI=1S/C32H44FN5.C28H37F2N5.C28H34N6O.C26H35N5/c1-23(2)36-15-17-38(18-16-36)32(11-4-12-32)22-34-27-9-13-37(14-10-27)28-7-5-24(3)29(21-28)31-20-25-19-26(33)6-8-30(25)35-31;1-20(2)34-14-12-33(13-15-34)11-8-31-23-6-9-35(10-7-23)24-5-3-4-21(16-24)27-18-22-17-25(29)26(30)19-28(22)32-27;1-32-13-15-34(16-14-32)28(35)7-10-30-24-8-11-33(12-9-24)25-4-2-3-22(18-25)27-19-23-17-21(20-29)5-6-26(23)31-27;1-2-8-25-22(5-1)20-26(29-25)21-6-3-7-24(19-21)31-15-9-23(10-16-31)28-13-18-30-14-4-11-27-12-17-30/h5-8,19-21,23,27,34-35H,4,9-18,22H2,1-3H3;3-5,16-20,23,31-32H,6-15H2,1-2H3;2-6,17-19,24,30-31H,7-16H2,1H3;1-3,5-8,19-20,23,27-29H,4,9-18H2. The maximum Gasteiger partial charge on any atom is 0.223 e. The minimum Gasteiger partial charge on any atom is -0.371 e. The van der Waals surface area contributed by atoms with Gasteiger partial charge in [-0.2, -0.15) is 5.26 Å². The largest absolute Gasteiger partial charge is 0.371 e. The molecule has 0 atom stereocenters. The molecular weight excluding hydrogens is 1740 g/mol. The number of aryl methyl sites for hydroxylation is 1. The van der Waals surface area contributed by atoms with Gasteiger partial charge in [0.15, 0.2) is 11.6 Å². The summed E-state index contributed by atoms with van der Waals surface area (Å²) in [4.78, 5) is 53.7. The fourth-order valence-corrected chi connectivity index (χ4v) is 22.5. The van der Waals surface area contributed by atoms with Crippen molar-refractivity contribution in [2.75, 3.05) is 223 Å². The Labute approximate surface area is 822 Å². The van der Waals surface area contributed by atoms with Gasteiger partial charge in [0.1, 0.15) is 5.82 Å². The number of aromatic nitrogens is 4.